The van der Waals surface area contributed by atoms with E-state index >= 15 is 0 Å². The summed E-state index contributed by atoms with van der Waals surface area (Å²) in [5.41, 5.74) is 1.49. The minimum absolute atomic E-state index is 0.0106. The summed E-state index contributed by atoms with van der Waals surface area (Å²) in [4.78, 5) is 10.1. The number of fused-ring (bicyclic) bond motifs is 1. The van der Waals surface area contributed by atoms with Crippen molar-refractivity contribution in [2.75, 3.05) is 24.6 Å². The van der Waals surface area contributed by atoms with Crippen molar-refractivity contribution in [1.82, 2.24) is 19.6 Å². The molecule has 1 unspecified atom stereocenters. The van der Waals surface area contributed by atoms with E-state index in [9.17, 15) is 13.2 Å². The molecule has 1 aliphatic heterocycles. The van der Waals surface area contributed by atoms with Gasteiger partial charge in [-0.3, -0.25) is 0 Å². The van der Waals surface area contributed by atoms with Gasteiger partial charge in [-0.25, -0.2) is 4.98 Å². The molecule has 3 heterocycles. The van der Waals surface area contributed by atoms with Crippen LogP contribution in [0.3, 0.4) is 0 Å². The van der Waals surface area contributed by atoms with E-state index in [1.165, 1.54) is 10.8 Å². The van der Waals surface area contributed by atoms with Gasteiger partial charge in [0.05, 0.1) is 18.8 Å². The van der Waals surface area contributed by atoms with Crippen LogP contribution in [-0.4, -0.2) is 51.6 Å². The van der Waals surface area contributed by atoms with Crippen molar-refractivity contribution in [2.24, 2.45) is 0 Å². The van der Waals surface area contributed by atoms with Crippen molar-refractivity contribution in [1.29, 1.82) is 0 Å². The van der Waals surface area contributed by atoms with Crippen LogP contribution in [0.4, 0.5) is 19.0 Å². The molecule has 0 spiro atoms. The van der Waals surface area contributed by atoms with E-state index in [4.69, 9.17) is 4.74 Å². The fraction of sp³-hybridized carbons (Fsp3) is 0.312. The standard InChI is InChI=1S/C16H14F3N5O/c17-16(18,19)13-9-23(6-7-25-13)14-8-12(11-4-2-1-3-5-11)22-15-20-10-21-24(14)15/h1-5,8,10,13H,6-7,9H2. The minimum Gasteiger partial charge on any atom is -0.365 e. The third kappa shape index (κ3) is 3.02. The predicted molar refractivity (Wildman–Crippen MR) is 84.2 cm³/mol. The summed E-state index contributed by atoms with van der Waals surface area (Å²) in [6.45, 7) is 0.0276. The van der Waals surface area contributed by atoms with Crippen LogP contribution in [0.5, 0.6) is 0 Å². The summed E-state index contributed by atoms with van der Waals surface area (Å²) in [7, 11) is 0. The number of alkyl halides is 3. The van der Waals surface area contributed by atoms with Gasteiger partial charge in [0.25, 0.3) is 5.78 Å². The Balaban J connectivity index is 1.77. The molecule has 1 aliphatic rings. The Kier molecular flexibility index (Phi) is 3.79. The van der Waals surface area contributed by atoms with E-state index in [1.54, 1.807) is 11.0 Å². The van der Waals surface area contributed by atoms with Crippen LogP contribution >= 0.6 is 0 Å². The summed E-state index contributed by atoms with van der Waals surface area (Å²) in [6.07, 6.45) is -4.90. The molecule has 4 rings (SSSR count). The smallest absolute Gasteiger partial charge is 0.365 e. The van der Waals surface area contributed by atoms with Gasteiger partial charge in [0.15, 0.2) is 6.10 Å². The summed E-state index contributed by atoms with van der Waals surface area (Å²) in [5.74, 6) is 0.852. The zero-order valence-corrected chi connectivity index (χ0v) is 13.0. The molecule has 9 heteroatoms. The van der Waals surface area contributed by atoms with Crippen molar-refractivity contribution in [2.45, 2.75) is 12.3 Å². The molecular weight excluding hydrogens is 335 g/mol. The lowest BCUT2D eigenvalue weighted by atomic mass is 10.1. The second kappa shape index (κ2) is 5.99. The number of rotatable bonds is 2. The maximum absolute atomic E-state index is 13.0. The zero-order chi connectivity index (χ0) is 17.4. The lowest BCUT2D eigenvalue weighted by molar-refractivity contribution is -0.221. The largest absolute Gasteiger partial charge is 0.416 e. The third-order valence-electron chi connectivity index (χ3n) is 4.06. The molecule has 1 fully saturated rings. The topological polar surface area (TPSA) is 55.6 Å². The minimum atomic E-state index is -4.41. The Bertz CT molecular complexity index is 880. The van der Waals surface area contributed by atoms with Crippen molar-refractivity contribution < 1.29 is 17.9 Å². The van der Waals surface area contributed by atoms with Gasteiger partial charge in [-0.15, -0.1) is 0 Å². The molecule has 0 N–H and O–H groups in total. The number of hydrogen-bond donors (Lipinski definition) is 0. The molecule has 2 aromatic heterocycles. The first kappa shape index (κ1) is 15.8. The monoisotopic (exact) mass is 349 g/mol. The highest BCUT2D eigenvalue weighted by Gasteiger charge is 2.43. The average molecular weight is 349 g/mol. The second-order valence-electron chi connectivity index (χ2n) is 5.68. The van der Waals surface area contributed by atoms with E-state index < -0.39 is 12.3 Å². The van der Waals surface area contributed by atoms with E-state index in [0.717, 1.165) is 5.56 Å². The number of benzene rings is 1. The Labute approximate surface area is 140 Å². The SMILES string of the molecule is FC(F)(F)C1CN(c2cc(-c3ccccc3)nc3ncnn23)CCO1. The maximum atomic E-state index is 13.0. The third-order valence-corrected chi connectivity index (χ3v) is 4.06. The highest BCUT2D eigenvalue weighted by Crippen LogP contribution is 2.29. The number of nitrogens with zero attached hydrogens (tertiary/aromatic N) is 5. The Morgan fingerprint density at radius 2 is 1.96 bits per heavy atom. The molecule has 0 bridgehead atoms. The zero-order valence-electron chi connectivity index (χ0n) is 13.0. The van der Waals surface area contributed by atoms with Gasteiger partial charge < -0.3 is 9.64 Å². The maximum Gasteiger partial charge on any atom is 0.416 e. The van der Waals surface area contributed by atoms with Crippen LogP contribution in [0.25, 0.3) is 17.0 Å². The van der Waals surface area contributed by atoms with E-state index in [2.05, 4.69) is 15.1 Å². The van der Waals surface area contributed by atoms with E-state index in [-0.39, 0.29) is 13.2 Å². The molecule has 1 saturated heterocycles. The average Bonchev–Trinajstić information content (AvgIpc) is 3.09. The first-order valence-electron chi connectivity index (χ1n) is 7.72. The lowest BCUT2D eigenvalue weighted by Crippen LogP contribution is -2.49. The van der Waals surface area contributed by atoms with Gasteiger partial charge in [0, 0.05) is 18.2 Å². The molecule has 1 atom stereocenters. The van der Waals surface area contributed by atoms with Gasteiger partial charge in [0.2, 0.25) is 0 Å². The normalized spacial score (nSPS) is 18.7. The molecule has 1 aromatic carbocycles. The van der Waals surface area contributed by atoms with Crippen LogP contribution in [0.1, 0.15) is 0 Å². The van der Waals surface area contributed by atoms with Crippen LogP contribution in [0.15, 0.2) is 42.7 Å². The summed E-state index contributed by atoms with van der Waals surface area (Å²) < 4.78 is 45.4. The number of ether oxygens (including phenoxy) is 1. The van der Waals surface area contributed by atoms with Gasteiger partial charge in [-0.1, -0.05) is 30.3 Å². The number of hydrogen-bond acceptors (Lipinski definition) is 5. The van der Waals surface area contributed by atoms with Crippen molar-refractivity contribution in [3.63, 3.8) is 0 Å². The number of halogens is 3. The van der Waals surface area contributed by atoms with Crippen LogP contribution in [-0.2, 0) is 4.74 Å². The summed E-state index contributed by atoms with van der Waals surface area (Å²) in [6, 6.07) is 11.1. The van der Waals surface area contributed by atoms with Crippen molar-refractivity contribution >= 4 is 11.6 Å². The molecule has 0 aliphatic carbocycles. The van der Waals surface area contributed by atoms with Gasteiger partial charge in [-0.05, 0) is 0 Å². The van der Waals surface area contributed by atoms with Crippen molar-refractivity contribution in [3.8, 4) is 11.3 Å². The fourth-order valence-electron chi connectivity index (χ4n) is 2.83. The molecule has 3 aromatic rings. The Hall–Kier alpha value is -2.68. The molecule has 0 amide bonds. The highest BCUT2D eigenvalue weighted by molar-refractivity contribution is 5.65. The molecule has 0 saturated carbocycles. The number of morpholine rings is 1. The summed E-state index contributed by atoms with van der Waals surface area (Å²) >= 11 is 0. The highest BCUT2D eigenvalue weighted by atomic mass is 19.4. The van der Waals surface area contributed by atoms with Crippen LogP contribution in [0.2, 0.25) is 0 Å². The molecular formula is C16H14F3N5O. The van der Waals surface area contributed by atoms with Crippen LogP contribution < -0.4 is 4.90 Å². The van der Waals surface area contributed by atoms with E-state index in [1.807, 2.05) is 30.3 Å². The molecule has 25 heavy (non-hydrogen) atoms. The Morgan fingerprint density at radius 1 is 1.16 bits per heavy atom. The fourth-order valence-corrected chi connectivity index (χ4v) is 2.83. The van der Waals surface area contributed by atoms with Crippen molar-refractivity contribution in [3.05, 3.63) is 42.7 Å². The summed E-state index contributed by atoms with van der Waals surface area (Å²) in [5, 5.41) is 4.10. The number of anilines is 1. The van der Waals surface area contributed by atoms with Gasteiger partial charge in [0.1, 0.15) is 12.1 Å². The van der Waals surface area contributed by atoms with Gasteiger partial charge >= 0.3 is 6.18 Å². The quantitative estimate of drug-likeness (QED) is 0.712. The molecule has 130 valence electrons. The first-order valence-corrected chi connectivity index (χ1v) is 7.72. The lowest BCUT2D eigenvalue weighted by Gasteiger charge is -2.35. The van der Waals surface area contributed by atoms with E-state index in [0.29, 0.717) is 23.8 Å². The number of aromatic nitrogens is 4. The Morgan fingerprint density at radius 3 is 2.72 bits per heavy atom. The first-order chi connectivity index (χ1) is 12.0. The van der Waals surface area contributed by atoms with Gasteiger partial charge in [-0.2, -0.15) is 27.8 Å². The predicted octanol–water partition coefficient (Wildman–Crippen LogP) is 2.56. The van der Waals surface area contributed by atoms with Crippen LogP contribution in [0, 0.1) is 0 Å². The second-order valence-corrected chi connectivity index (χ2v) is 5.68. The molecule has 6 nitrogen and oxygen atoms in total. The molecule has 0 radical (unpaired) electrons.